The van der Waals surface area contributed by atoms with Crippen LogP contribution in [0, 0.1) is 11.7 Å². The Hall–Kier alpha value is -5.13. The van der Waals surface area contributed by atoms with Crippen molar-refractivity contribution >= 4 is 33.5 Å². The van der Waals surface area contributed by atoms with Crippen molar-refractivity contribution in [3.8, 4) is 39.5 Å². The minimum atomic E-state index is -0.337. The third-order valence-electron chi connectivity index (χ3n) is 9.63. The summed E-state index contributed by atoms with van der Waals surface area (Å²) in [7, 11) is 0. The largest absolute Gasteiger partial charge is 0.492 e. The SMILES string of the molecule is O=C(CC1CCNCC1)Nc1cncc(-c2ccc3[nH]nc(-c4cc5c(-c6cc(F)cc(OCCN7CCCC7)c6)cccc5[nH]4)c3n2)c1. The van der Waals surface area contributed by atoms with E-state index in [0.717, 1.165) is 84.4 Å². The zero-order valence-corrected chi connectivity index (χ0v) is 27.3. The van der Waals surface area contributed by atoms with Crippen LogP contribution in [0.15, 0.2) is 73.1 Å². The number of likely N-dealkylation sites (tertiary alicyclic amines) is 1. The lowest BCUT2D eigenvalue weighted by molar-refractivity contribution is -0.117. The van der Waals surface area contributed by atoms with Gasteiger partial charge in [0.25, 0.3) is 0 Å². The molecule has 2 saturated heterocycles. The Kier molecular flexibility index (Phi) is 8.76. The lowest BCUT2D eigenvalue weighted by atomic mass is 9.94. The number of aromatic amines is 2. The highest BCUT2D eigenvalue weighted by molar-refractivity contribution is 6.00. The van der Waals surface area contributed by atoms with Crippen LogP contribution in [0.2, 0.25) is 0 Å². The second kappa shape index (κ2) is 13.8. The van der Waals surface area contributed by atoms with Gasteiger partial charge in [-0.25, -0.2) is 9.37 Å². The van der Waals surface area contributed by atoms with Gasteiger partial charge in [0.05, 0.1) is 28.8 Å². The molecule has 4 aromatic heterocycles. The number of nitrogens with one attached hydrogen (secondary N) is 4. The van der Waals surface area contributed by atoms with Crippen LogP contribution in [0.3, 0.4) is 0 Å². The highest BCUT2D eigenvalue weighted by atomic mass is 19.1. The van der Waals surface area contributed by atoms with Crippen LogP contribution in [0.4, 0.5) is 10.1 Å². The predicted molar refractivity (Wildman–Crippen MR) is 190 cm³/mol. The Morgan fingerprint density at radius 1 is 0.980 bits per heavy atom. The number of ether oxygens (including phenoxy) is 1. The fraction of sp³-hybridized carbons (Fsp3) is 0.316. The van der Waals surface area contributed by atoms with Crippen molar-refractivity contribution in [2.45, 2.75) is 32.1 Å². The molecule has 1 amide bonds. The van der Waals surface area contributed by atoms with Crippen LogP contribution in [-0.2, 0) is 4.79 Å². The van der Waals surface area contributed by atoms with Gasteiger partial charge < -0.3 is 20.4 Å². The number of anilines is 1. The zero-order chi connectivity index (χ0) is 33.2. The first kappa shape index (κ1) is 31.2. The van der Waals surface area contributed by atoms with E-state index < -0.39 is 0 Å². The lowest BCUT2D eigenvalue weighted by Crippen LogP contribution is -2.30. The average Bonchev–Trinajstić information content (AvgIpc) is 3.88. The number of halogens is 1. The number of H-pyrrole nitrogens is 2. The molecule has 6 aromatic rings. The van der Waals surface area contributed by atoms with E-state index in [1.54, 1.807) is 18.5 Å². The molecule has 0 unspecified atom stereocenters. The van der Waals surface area contributed by atoms with Gasteiger partial charge in [-0.05, 0) is 111 Å². The van der Waals surface area contributed by atoms with E-state index in [1.807, 2.05) is 48.5 Å². The summed E-state index contributed by atoms with van der Waals surface area (Å²) in [6, 6.07) is 18.7. The highest BCUT2D eigenvalue weighted by Gasteiger charge is 2.19. The minimum Gasteiger partial charge on any atom is -0.492 e. The maximum absolute atomic E-state index is 14.9. The number of carbonyl (C=O) groups is 1. The molecule has 8 rings (SSSR count). The number of aromatic nitrogens is 5. The van der Waals surface area contributed by atoms with Gasteiger partial charge in [-0.2, -0.15) is 5.10 Å². The molecule has 2 aliphatic heterocycles. The summed E-state index contributed by atoms with van der Waals surface area (Å²) in [4.78, 5) is 28.0. The van der Waals surface area contributed by atoms with E-state index in [-0.39, 0.29) is 11.7 Å². The van der Waals surface area contributed by atoms with Crippen molar-refractivity contribution in [3.05, 3.63) is 78.9 Å². The Morgan fingerprint density at radius 3 is 2.73 bits per heavy atom. The molecular formula is C38H39FN8O2. The zero-order valence-electron chi connectivity index (χ0n) is 27.3. The average molecular weight is 659 g/mol. The molecule has 6 heterocycles. The summed E-state index contributed by atoms with van der Waals surface area (Å²) in [6.45, 7) is 5.48. The standard InChI is InChI=1S/C38H39FN8O2/c39-27-17-25(19-29(20-27)49-15-14-47-12-1-2-13-47)30-4-3-5-33-31(30)21-35(43-33)38-37-34(45-46-38)7-6-32(44-37)26-18-28(23-41-22-26)42-36(48)16-24-8-10-40-11-9-24/h3-7,17-24,40,43H,1-2,8-16H2,(H,42,48)(H,45,46). The van der Waals surface area contributed by atoms with E-state index in [1.165, 1.54) is 18.9 Å². The van der Waals surface area contributed by atoms with Gasteiger partial charge in [-0.15, -0.1) is 0 Å². The number of amides is 1. The van der Waals surface area contributed by atoms with Crippen LogP contribution in [0.25, 0.3) is 55.7 Å². The molecule has 0 radical (unpaired) electrons. The van der Waals surface area contributed by atoms with E-state index in [9.17, 15) is 9.18 Å². The van der Waals surface area contributed by atoms with Gasteiger partial charge in [-0.3, -0.25) is 19.8 Å². The van der Waals surface area contributed by atoms with Crippen molar-refractivity contribution in [3.63, 3.8) is 0 Å². The first-order chi connectivity index (χ1) is 24.1. The van der Waals surface area contributed by atoms with Crippen LogP contribution in [-0.4, -0.2) is 75.3 Å². The molecule has 250 valence electrons. The van der Waals surface area contributed by atoms with Crippen LogP contribution < -0.4 is 15.4 Å². The molecule has 0 spiro atoms. The number of hydrogen-bond donors (Lipinski definition) is 4. The van der Waals surface area contributed by atoms with Crippen molar-refractivity contribution < 1.29 is 13.9 Å². The maximum atomic E-state index is 14.9. The number of hydrogen-bond acceptors (Lipinski definition) is 7. The number of piperidine rings is 1. The smallest absolute Gasteiger partial charge is 0.224 e. The summed E-state index contributed by atoms with van der Waals surface area (Å²) in [5, 5.41) is 15.0. The fourth-order valence-electron chi connectivity index (χ4n) is 7.09. The van der Waals surface area contributed by atoms with Crippen molar-refractivity contribution in [1.82, 2.24) is 35.4 Å². The molecule has 0 saturated carbocycles. The Bertz CT molecular complexity index is 2110. The second-order valence-electron chi connectivity index (χ2n) is 13.1. The fourth-order valence-corrected chi connectivity index (χ4v) is 7.09. The van der Waals surface area contributed by atoms with Gasteiger partial charge in [0.15, 0.2) is 0 Å². The third-order valence-corrected chi connectivity index (χ3v) is 9.63. The number of carbonyl (C=O) groups excluding carboxylic acids is 1. The Morgan fingerprint density at radius 2 is 1.86 bits per heavy atom. The topological polar surface area (TPSA) is 124 Å². The second-order valence-corrected chi connectivity index (χ2v) is 13.1. The summed E-state index contributed by atoms with van der Waals surface area (Å²) in [5.41, 5.74) is 7.63. The normalized spacial score (nSPS) is 15.7. The molecule has 4 N–H and O–H groups in total. The van der Waals surface area contributed by atoms with E-state index in [0.29, 0.717) is 47.3 Å². The summed E-state index contributed by atoms with van der Waals surface area (Å²) in [6.07, 6.45) is 8.39. The van der Waals surface area contributed by atoms with Crippen molar-refractivity contribution in [2.24, 2.45) is 5.92 Å². The molecule has 0 aliphatic carbocycles. The Balaban J connectivity index is 1.05. The van der Waals surface area contributed by atoms with Crippen LogP contribution >= 0.6 is 0 Å². The summed E-state index contributed by atoms with van der Waals surface area (Å²) in [5.74, 6) is 0.592. The van der Waals surface area contributed by atoms with Crippen molar-refractivity contribution in [2.75, 3.05) is 44.6 Å². The molecule has 49 heavy (non-hydrogen) atoms. The number of rotatable bonds is 10. The van der Waals surface area contributed by atoms with Gasteiger partial charge in [0.1, 0.15) is 29.4 Å². The first-order valence-electron chi connectivity index (χ1n) is 17.1. The highest BCUT2D eigenvalue weighted by Crippen LogP contribution is 2.36. The van der Waals surface area contributed by atoms with Gasteiger partial charge >= 0.3 is 0 Å². The van der Waals surface area contributed by atoms with Crippen molar-refractivity contribution in [1.29, 1.82) is 0 Å². The molecule has 0 atom stereocenters. The molecule has 2 aliphatic rings. The van der Waals surface area contributed by atoms with E-state index in [2.05, 4.69) is 35.7 Å². The molecule has 2 fully saturated rings. The first-order valence-corrected chi connectivity index (χ1v) is 17.1. The number of pyridine rings is 2. The quantitative estimate of drug-likeness (QED) is 0.128. The number of nitrogens with zero attached hydrogens (tertiary/aromatic N) is 4. The molecule has 11 heteroatoms. The van der Waals surface area contributed by atoms with Gasteiger partial charge in [0, 0.05) is 41.7 Å². The predicted octanol–water partition coefficient (Wildman–Crippen LogP) is 6.78. The van der Waals surface area contributed by atoms with Crippen LogP contribution in [0.1, 0.15) is 32.1 Å². The number of fused-ring (bicyclic) bond motifs is 2. The van der Waals surface area contributed by atoms with E-state index >= 15 is 0 Å². The number of benzene rings is 2. The summed E-state index contributed by atoms with van der Waals surface area (Å²) >= 11 is 0. The van der Waals surface area contributed by atoms with Crippen LogP contribution in [0.5, 0.6) is 5.75 Å². The molecule has 2 aromatic carbocycles. The molecule has 0 bridgehead atoms. The third kappa shape index (κ3) is 6.90. The van der Waals surface area contributed by atoms with Gasteiger partial charge in [-0.1, -0.05) is 12.1 Å². The summed E-state index contributed by atoms with van der Waals surface area (Å²) < 4.78 is 20.9. The molecular weight excluding hydrogens is 619 g/mol. The van der Waals surface area contributed by atoms with E-state index in [4.69, 9.17) is 9.72 Å². The monoisotopic (exact) mass is 658 g/mol. The lowest BCUT2D eigenvalue weighted by Gasteiger charge is -2.21. The Labute approximate surface area is 283 Å². The van der Waals surface area contributed by atoms with Gasteiger partial charge in [0.2, 0.25) is 5.91 Å². The maximum Gasteiger partial charge on any atom is 0.224 e. The molecule has 10 nitrogen and oxygen atoms in total. The minimum absolute atomic E-state index is 0.00377.